The fourth-order valence-corrected chi connectivity index (χ4v) is 7.92. The van der Waals surface area contributed by atoms with Gasteiger partial charge < -0.3 is 24.2 Å². The quantitative estimate of drug-likeness (QED) is 0.0197. The average Bonchev–Trinajstić information content (AvgIpc) is 3.39. The normalized spacial score (nSPS) is 14.3. The highest BCUT2D eigenvalue weighted by Gasteiger charge is 2.28. The van der Waals surface area contributed by atoms with Gasteiger partial charge in [0, 0.05) is 19.3 Å². The molecule has 12 heteroatoms. The predicted octanol–water partition coefficient (Wildman–Crippen LogP) is 16.8. The van der Waals surface area contributed by atoms with Crippen LogP contribution < -0.4 is 0 Å². The number of rotatable bonds is 51. The summed E-state index contributed by atoms with van der Waals surface area (Å²) >= 11 is 0. The second kappa shape index (κ2) is 55.1. The number of aliphatic hydroxyl groups excluding tert-OH is 1. The minimum Gasteiger partial charge on any atom is -0.462 e. The molecule has 0 aliphatic heterocycles. The Balaban J connectivity index is 4.90. The Morgan fingerprint density at radius 3 is 1.14 bits per heavy atom. The van der Waals surface area contributed by atoms with Gasteiger partial charge in [-0.05, 0) is 96.3 Å². The van der Waals surface area contributed by atoms with Crippen molar-refractivity contribution < 1.29 is 52.2 Å². The third-order valence-electron chi connectivity index (χ3n) is 11.4. The summed E-state index contributed by atoms with van der Waals surface area (Å²) in [5.41, 5.74) is 0. The Bertz CT molecular complexity index is 1700. The van der Waals surface area contributed by atoms with Crippen LogP contribution >= 0.6 is 7.82 Å². The van der Waals surface area contributed by atoms with Crippen LogP contribution in [0.1, 0.15) is 213 Å². The number of carbonyl (C=O) groups is 3. The fourth-order valence-electron chi connectivity index (χ4n) is 7.14. The first kappa shape index (κ1) is 69.9. The maximum Gasteiger partial charge on any atom is 0.472 e. The largest absolute Gasteiger partial charge is 0.472 e. The number of unbranched alkanes of at least 4 members (excludes halogenated alkanes) is 14. The summed E-state index contributed by atoms with van der Waals surface area (Å²) in [6.07, 6.45) is 67.5. The zero-order valence-corrected chi connectivity index (χ0v) is 47.2. The van der Waals surface area contributed by atoms with Gasteiger partial charge in [0.15, 0.2) is 6.10 Å². The Morgan fingerprint density at radius 1 is 0.392 bits per heavy atom. The van der Waals surface area contributed by atoms with Crippen molar-refractivity contribution in [2.45, 2.75) is 226 Å². The lowest BCUT2D eigenvalue weighted by molar-refractivity contribution is -0.161. The number of hydrogen-bond acceptors (Lipinski definition) is 10. The van der Waals surface area contributed by atoms with E-state index in [0.717, 1.165) is 96.3 Å². The van der Waals surface area contributed by atoms with E-state index in [4.69, 9.17) is 23.3 Å². The third-order valence-corrected chi connectivity index (χ3v) is 12.3. The van der Waals surface area contributed by atoms with Gasteiger partial charge in [0.25, 0.3) is 0 Å². The summed E-state index contributed by atoms with van der Waals surface area (Å²) in [6.45, 7) is 4.27. The summed E-state index contributed by atoms with van der Waals surface area (Å²) in [4.78, 5) is 48.5. The van der Waals surface area contributed by atoms with E-state index in [9.17, 15) is 28.9 Å². The van der Waals surface area contributed by atoms with E-state index in [1.807, 2.05) is 12.2 Å². The molecule has 0 spiro atoms. The minimum atomic E-state index is -4.78. The average molecular weight is 1050 g/mol. The van der Waals surface area contributed by atoms with Gasteiger partial charge in [-0.2, -0.15) is 0 Å². The van der Waals surface area contributed by atoms with Crippen molar-refractivity contribution >= 4 is 25.7 Å². The van der Waals surface area contributed by atoms with Gasteiger partial charge >= 0.3 is 25.7 Å². The lowest BCUT2D eigenvalue weighted by Gasteiger charge is -2.21. The second-order valence-corrected chi connectivity index (χ2v) is 19.8. The van der Waals surface area contributed by atoms with Crippen molar-refractivity contribution in [3.8, 4) is 0 Å². The number of carbonyl (C=O) groups excluding carboxylic acids is 3. The van der Waals surface area contributed by atoms with Crippen molar-refractivity contribution in [2.24, 2.45) is 0 Å². The molecule has 3 atom stereocenters. The Morgan fingerprint density at radius 2 is 0.730 bits per heavy atom. The van der Waals surface area contributed by atoms with Crippen molar-refractivity contribution in [3.63, 3.8) is 0 Å². The van der Waals surface area contributed by atoms with Crippen molar-refractivity contribution in [1.82, 2.24) is 0 Å². The molecule has 0 aromatic carbocycles. The monoisotopic (exact) mass is 1050 g/mol. The number of esters is 3. The minimum absolute atomic E-state index is 0.0865. The van der Waals surface area contributed by atoms with Crippen LogP contribution in [0, 0.1) is 0 Å². The molecule has 11 nitrogen and oxygen atoms in total. The zero-order chi connectivity index (χ0) is 54.1. The smallest absolute Gasteiger partial charge is 0.462 e. The SMILES string of the molecule is CC/C=C\C/C=C\C/C=C\C/C=C\C/C=C\C/C=C\CCC(=O)OCC(COP(=O)(O)OCC(CO)OC(=O)CCCCCCCCCCCCCCC)OC(=O)CCCC/C=C\C/C=C\C/C=C\C/C=C\CC. The van der Waals surface area contributed by atoms with Gasteiger partial charge in [0.05, 0.1) is 19.8 Å². The molecule has 2 N–H and O–H groups in total. The van der Waals surface area contributed by atoms with E-state index in [2.05, 4.69) is 130 Å². The number of phosphoric ester groups is 1. The van der Waals surface area contributed by atoms with Crippen LogP contribution in [0.2, 0.25) is 0 Å². The molecule has 0 aromatic heterocycles. The summed E-state index contributed by atoms with van der Waals surface area (Å²) in [5, 5.41) is 9.80. The molecule has 0 aliphatic rings. The van der Waals surface area contributed by atoms with Gasteiger partial charge in [-0.25, -0.2) is 4.57 Å². The van der Waals surface area contributed by atoms with Crippen molar-refractivity contribution in [3.05, 3.63) is 122 Å². The zero-order valence-electron chi connectivity index (χ0n) is 46.3. The number of aliphatic hydroxyl groups is 1. The molecule has 3 unspecified atom stereocenters. The predicted molar refractivity (Wildman–Crippen MR) is 306 cm³/mol. The standard InChI is InChI=1S/C62H101O11P/c1-4-7-10-13-16-19-22-25-27-28-29-30-32-34-36-39-42-45-48-51-60(64)69-55-59(73-62(66)53-50-47-44-41-38-35-31-26-23-20-17-14-11-8-5-2)57-71-74(67,68)70-56-58(54-63)72-61(65)52-49-46-43-40-37-33-24-21-18-15-12-9-6-3/h7-8,10-11,16-17,19-20,25-27,29-31,34,36,38,41-42,45,58-59,63H,4-6,9,12-15,18,21-24,28,32-33,35,37,39-40,43-44,46-57H2,1-3H3,(H,67,68)/b10-7-,11-8-,19-16-,20-17-,27-25-,30-29-,31-26-,36-34-,41-38-,45-42-. The highest BCUT2D eigenvalue weighted by molar-refractivity contribution is 7.47. The maximum atomic E-state index is 12.9. The molecule has 0 rings (SSSR count). The van der Waals surface area contributed by atoms with E-state index in [0.29, 0.717) is 19.3 Å². The van der Waals surface area contributed by atoms with Crippen LogP contribution in [0.4, 0.5) is 0 Å². The molecule has 0 aliphatic carbocycles. The Labute approximate surface area is 449 Å². The van der Waals surface area contributed by atoms with Crippen LogP contribution in [0.25, 0.3) is 0 Å². The first-order chi connectivity index (χ1) is 36.2. The molecule has 0 fully saturated rings. The highest BCUT2D eigenvalue weighted by atomic mass is 31.2. The Hall–Kier alpha value is -4.12. The number of allylic oxidation sites excluding steroid dienone is 20. The fraction of sp³-hybridized carbons (Fsp3) is 0.629. The van der Waals surface area contributed by atoms with Crippen LogP contribution in [-0.4, -0.2) is 66.5 Å². The van der Waals surface area contributed by atoms with E-state index >= 15 is 0 Å². The van der Waals surface area contributed by atoms with Gasteiger partial charge in [-0.3, -0.25) is 23.4 Å². The molecule has 0 aromatic rings. The summed E-state index contributed by atoms with van der Waals surface area (Å²) in [6, 6.07) is 0. The van der Waals surface area contributed by atoms with Crippen LogP contribution in [-0.2, 0) is 42.2 Å². The summed E-state index contributed by atoms with van der Waals surface area (Å²) < 4.78 is 39.4. The molecule has 0 saturated carbocycles. The van der Waals surface area contributed by atoms with Crippen molar-refractivity contribution in [1.29, 1.82) is 0 Å². The topological polar surface area (TPSA) is 155 Å². The molecular weight excluding hydrogens is 952 g/mol. The molecule has 74 heavy (non-hydrogen) atoms. The number of ether oxygens (including phenoxy) is 3. The van der Waals surface area contributed by atoms with Crippen LogP contribution in [0.15, 0.2) is 122 Å². The van der Waals surface area contributed by atoms with Gasteiger partial charge in [0.1, 0.15) is 12.7 Å². The summed E-state index contributed by atoms with van der Waals surface area (Å²) in [5.74, 6) is -1.63. The van der Waals surface area contributed by atoms with E-state index in [-0.39, 0.29) is 19.3 Å². The van der Waals surface area contributed by atoms with Crippen molar-refractivity contribution in [2.75, 3.05) is 26.4 Å². The first-order valence-corrected chi connectivity index (χ1v) is 29.9. The third kappa shape index (κ3) is 52.7. The van der Waals surface area contributed by atoms with Gasteiger partial charge in [0.2, 0.25) is 0 Å². The lowest BCUT2D eigenvalue weighted by Crippen LogP contribution is -2.30. The van der Waals surface area contributed by atoms with Crippen LogP contribution in [0.3, 0.4) is 0 Å². The Kier molecular flexibility index (Phi) is 52.1. The van der Waals surface area contributed by atoms with Crippen LogP contribution in [0.5, 0.6) is 0 Å². The maximum absolute atomic E-state index is 12.9. The lowest BCUT2D eigenvalue weighted by atomic mass is 10.0. The van der Waals surface area contributed by atoms with Gasteiger partial charge in [-0.15, -0.1) is 0 Å². The van der Waals surface area contributed by atoms with E-state index < -0.39 is 64.4 Å². The van der Waals surface area contributed by atoms with E-state index in [1.54, 1.807) is 0 Å². The highest BCUT2D eigenvalue weighted by Crippen LogP contribution is 2.43. The number of phosphoric acid groups is 1. The molecule has 0 saturated heterocycles. The molecule has 420 valence electrons. The molecule has 0 heterocycles. The first-order valence-electron chi connectivity index (χ1n) is 28.4. The number of hydrogen-bond donors (Lipinski definition) is 2. The molecule has 0 amide bonds. The van der Waals surface area contributed by atoms with E-state index in [1.165, 1.54) is 57.8 Å². The molecular formula is C62H101O11P. The molecule has 0 radical (unpaired) electrons. The molecule has 0 bridgehead atoms. The van der Waals surface area contributed by atoms with Gasteiger partial charge in [-0.1, -0.05) is 219 Å². The summed E-state index contributed by atoms with van der Waals surface area (Å²) in [7, 11) is -4.78. The second-order valence-electron chi connectivity index (χ2n) is 18.3.